The van der Waals surface area contributed by atoms with E-state index in [4.69, 9.17) is 4.74 Å². The van der Waals surface area contributed by atoms with Crippen molar-refractivity contribution in [3.63, 3.8) is 0 Å². The van der Waals surface area contributed by atoms with Crippen LogP contribution in [0.5, 0.6) is 0 Å². The van der Waals surface area contributed by atoms with Gasteiger partial charge in [0.25, 0.3) is 5.91 Å². The first kappa shape index (κ1) is 18.0. The van der Waals surface area contributed by atoms with Crippen molar-refractivity contribution in [1.29, 1.82) is 0 Å². The maximum absolute atomic E-state index is 12.3. The second-order valence-corrected chi connectivity index (χ2v) is 5.49. The summed E-state index contributed by atoms with van der Waals surface area (Å²) in [5.74, 6) is -0.347. The summed E-state index contributed by atoms with van der Waals surface area (Å²) >= 11 is 0. The van der Waals surface area contributed by atoms with Crippen molar-refractivity contribution in [2.24, 2.45) is 0 Å². The summed E-state index contributed by atoms with van der Waals surface area (Å²) in [6.45, 7) is 0.299. The molecule has 0 aliphatic rings. The molecule has 0 radical (unpaired) electrons. The van der Waals surface area contributed by atoms with Crippen LogP contribution in [0.3, 0.4) is 0 Å². The molecule has 0 atom stereocenters. The van der Waals surface area contributed by atoms with E-state index in [2.05, 4.69) is 25.6 Å². The Balaban J connectivity index is 1.68. The second-order valence-electron chi connectivity index (χ2n) is 5.49. The van der Waals surface area contributed by atoms with E-state index in [1.54, 1.807) is 30.5 Å². The van der Waals surface area contributed by atoms with Gasteiger partial charge in [-0.1, -0.05) is 12.1 Å². The van der Waals surface area contributed by atoms with Crippen molar-refractivity contribution < 1.29 is 14.3 Å². The minimum atomic E-state index is -0.434. The van der Waals surface area contributed by atoms with Crippen molar-refractivity contribution in [2.75, 3.05) is 12.4 Å². The molecule has 0 spiro atoms. The van der Waals surface area contributed by atoms with E-state index in [1.165, 1.54) is 19.5 Å². The van der Waals surface area contributed by atoms with E-state index < -0.39 is 5.97 Å². The van der Waals surface area contributed by atoms with Crippen LogP contribution in [-0.4, -0.2) is 33.9 Å². The normalized spacial score (nSPS) is 10.1. The number of nitrogens with zero attached hydrogens (tertiary/aromatic N) is 3. The van der Waals surface area contributed by atoms with Crippen LogP contribution in [0, 0.1) is 0 Å². The van der Waals surface area contributed by atoms with Crippen LogP contribution in [-0.2, 0) is 11.3 Å². The van der Waals surface area contributed by atoms with Crippen LogP contribution in [0.2, 0.25) is 0 Å². The maximum atomic E-state index is 12.3. The molecule has 1 aromatic carbocycles. The summed E-state index contributed by atoms with van der Waals surface area (Å²) in [7, 11) is 1.32. The first-order chi connectivity index (χ1) is 13.2. The third-order valence-electron chi connectivity index (χ3n) is 3.61. The molecule has 27 heavy (non-hydrogen) atoms. The van der Waals surface area contributed by atoms with E-state index in [0.717, 1.165) is 5.69 Å². The quantitative estimate of drug-likeness (QED) is 0.647. The number of carbonyl (C=O) groups is 2. The van der Waals surface area contributed by atoms with Gasteiger partial charge in [-0.2, -0.15) is 0 Å². The summed E-state index contributed by atoms with van der Waals surface area (Å²) in [6, 6.07) is 13.8. The van der Waals surface area contributed by atoms with Gasteiger partial charge in [-0.3, -0.25) is 9.78 Å². The Morgan fingerprint density at radius 3 is 2.70 bits per heavy atom. The molecule has 0 saturated heterocycles. The van der Waals surface area contributed by atoms with Gasteiger partial charge >= 0.3 is 5.97 Å². The van der Waals surface area contributed by atoms with Crippen molar-refractivity contribution in [3.8, 4) is 0 Å². The van der Waals surface area contributed by atoms with Crippen LogP contribution in [0.15, 0.2) is 61.1 Å². The highest BCUT2D eigenvalue weighted by Crippen LogP contribution is 2.17. The molecule has 0 bridgehead atoms. The number of ether oxygens (including phenoxy) is 1. The van der Waals surface area contributed by atoms with Crippen LogP contribution < -0.4 is 10.6 Å². The highest BCUT2D eigenvalue weighted by atomic mass is 16.5. The van der Waals surface area contributed by atoms with Gasteiger partial charge in [0.05, 0.1) is 24.9 Å². The third kappa shape index (κ3) is 4.85. The largest absolute Gasteiger partial charge is 0.465 e. The van der Waals surface area contributed by atoms with Crippen molar-refractivity contribution in [2.45, 2.75) is 6.54 Å². The van der Waals surface area contributed by atoms with Gasteiger partial charge in [-0.25, -0.2) is 14.8 Å². The highest BCUT2D eigenvalue weighted by Gasteiger charge is 2.10. The van der Waals surface area contributed by atoms with Gasteiger partial charge in [0.1, 0.15) is 17.8 Å². The van der Waals surface area contributed by atoms with E-state index in [1.807, 2.05) is 18.2 Å². The minimum absolute atomic E-state index is 0.215. The summed E-state index contributed by atoms with van der Waals surface area (Å²) in [5.41, 5.74) is 2.01. The average Bonchev–Trinajstić information content (AvgIpc) is 2.72. The molecule has 1 amide bonds. The number of benzene rings is 1. The van der Waals surface area contributed by atoms with Crippen LogP contribution in [0.4, 0.5) is 11.5 Å². The molecule has 2 N–H and O–H groups in total. The van der Waals surface area contributed by atoms with Gasteiger partial charge < -0.3 is 15.4 Å². The van der Waals surface area contributed by atoms with Crippen LogP contribution >= 0.6 is 0 Å². The molecule has 0 saturated carbocycles. The molecule has 0 aliphatic carbocycles. The van der Waals surface area contributed by atoms with Gasteiger partial charge in [-0.15, -0.1) is 0 Å². The molecule has 8 heteroatoms. The number of hydrogen-bond acceptors (Lipinski definition) is 7. The SMILES string of the molecule is COC(=O)c1cccc(Nc2cc(C(=O)NCc3ccccn3)ncn2)c1. The Kier molecular flexibility index (Phi) is 5.68. The maximum Gasteiger partial charge on any atom is 0.337 e. The highest BCUT2D eigenvalue weighted by molar-refractivity contribution is 5.93. The number of carbonyl (C=O) groups excluding carboxylic acids is 2. The first-order valence-corrected chi connectivity index (χ1v) is 8.11. The average molecular weight is 363 g/mol. The lowest BCUT2D eigenvalue weighted by atomic mass is 10.2. The second kappa shape index (κ2) is 8.52. The summed E-state index contributed by atoms with van der Waals surface area (Å²) in [6.07, 6.45) is 2.96. The number of hydrogen-bond donors (Lipinski definition) is 2. The van der Waals surface area contributed by atoms with Crippen LogP contribution in [0.1, 0.15) is 26.5 Å². The molecular formula is C19H17N5O3. The van der Waals surface area contributed by atoms with E-state index in [0.29, 0.717) is 23.6 Å². The molecule has 2 aromatic heterocycles. The fourth-order valence-corrected chi connectivity index (χ4v) is 2.30. The Morgan fingerprint density at radius 1 is 1.04 bits per heavy atom. The van der Waals surface area contributed by atoms with Crippen molar-refractivity contribution in [1.82, 2.24) is 20.3 Å². The van der Waals surface area contributed by atoms with Crippen molar-refractivity contribution in [3.05, 3.63) is 78.0 Å². The molecule has 0 fully saturated rings. The fraction of sp³-hybridized carbons (Fsp3) is 0.105. The number of nitrogens with one attached hydrogen (secondary N) is 2. The molecule has 0 aliphatic heterocycles. The zero-order valence-corrected chi connectivity index (χ0v) is 14.5. The number of amides is 1. The summed E-state index contributed by atoms with van der Waals surface area (Å²) in [4.78, 5) is 36.1. The molecule has 3 aromatic rings. The molecule has 8 nitrogen and oxygen atoms in total. The van der Waals surface area contributed by atoms with Crippen molar-refractivity contribution >= 4 is 23.4 Å². The number of methoxy groups -OCH3 is 1. The predicted octanol–water partition coefficient (Wildman–Crippen LogP) is 2.33. The Morgan fingerprint density at radius 2 is 1.93 bits per heavy atom. The third-order valence-corrected chi connectivity index (χ3v) is 3.61. The monoisotopic (exact) mass is 363 g/mol. The predicted molar refractivity (Wildman–Crippen MR) is 98.5 cm³/mol. The number of aromatic nitrogens is 3. The molecule has 0 unspecified atom stereocenters. The number of rotatable bonds is 6. The molecule has 2 heterocycles. The molecule has 3 rings (SSSR count). The Hall–Kier alpha value is -3.81. The van der Waals surface area contributed by atoms with Gasteiger partial charge in [0, 0.05) is 18.0 Å². The van der Waals surface area contributed by atoms with Crippen LogP contribution in [0.25, 0.3) is 0 Å². The lowest BCUT2D eigenvalue weighted by molar-refractivity contribution is 0.0600. The lowest BCUT2D eigenvalue weighted by Gasteiger charge is -2.08. The topological polar surface area (TPSA) is 106 Å². The number of anilines is 2. The lowest BCUT2D eigenvalue weighted by Crippen LogP contribution is -2.24. The Bertz CT molecular complexity index is 947. The van der Waals surface area contributed by atoms with E-state index in [9.17, 15) is 9.59 Å². The fourth-order valence-electron chi connectivity index (χ4n) is 2.30. The molecular weight excluding hydrogens is 346 g/mol. The van der Waals surface area contributed by atoms with E-state index in [-0.39, 0.29) is 11.6 Å². The minimum Gasteiger partial charge on any atom is -0.465 e. The summed E-state index contributed by atoms with van der Waals surface area (Å²) in [5, 5.41) is 5.80. The van der Waals surface area contributed by atoms with Gasteiger partial charge in [0.15, 0.2) is 0 Å². The smallest absolute Gasteiger partial charge is 0.337 e. The number of esters is 1. The standard InChI is InChI=1S/C19H17N5O3/c1-27-19(26)13-5-4-7-14(9-13)24-17-10-16(22-12-23-17)18(25)21-11-15-6-2-3-8-20-15/h2-10,12H,11H2,1H3,(H,21,25)(H,22,23,24). The zero-order chi connectivity index (χ0) is 19.1. The zero-order valence-electron chi connectivity index (χ0n) is 14.5. The summed E-state index contributed by atoms with van der Waals surface area (Å²) < 4.78 is 4.71. The van der Waals surface area contributed by atoms with E-state index >= 15 is 0 Å². The van der Waals surface area contributed by atoms with Gasteiger partial charge in [0.2, 0.25) is 0 Å². The molecule has 136 valence electrons. The Labute approximate surface area is 155 Å². The number of pyridine rings is 1. The first-order valence-electron chi connectivity index (χ1n) is 8.11. The van der Waals surface area contributed by atoms with Gasteiger partial charge in [-0.05, 0) is 30.3 Å².